The lowest BCUT2D eigenvalue weighted by molar-refractivity contribution is -0.114. The van der Waals surface area contributed by atoms with Crippen molar-refractivity contribution in [2.24, 2.45) is 0 Å². The van der Waals surface area contributed by atoms with Crippen LogP contribution in [0.2, 0.25) is 5.02 Å². The van der Waals surface area contributed by atoms with E-state index in [-0.39, 0.29) is 17.9 Å². The highest BCUT2D eigenvalue weighted by molar-refractivity contribution is 6.30. The summed E-state index contributed by atoms with van der Waals surface area (Å²) in [4.78, 5) is 23.2. The Hall–Kier alpha value is -2.37. The summed E-state index contributed by atoms with van der Waals surface area (Å²) < 4.78 is 5.42. The first-order chi connectivity index (χ1) is 11.5. The third kappa shape index (κ3) is 5.08. The van der Waals surface area contributed by atoms with Crippen LogP contribution in [-0.4, -0.2) is 25.5 Å². The molecule has 0 unspecified atom stereocenters. The quantitative estimate of drug-likeness (QED) is 0.842. The van der Waals surface area contributed by atoms with E-state index in [1.165, 1.54) is 6.92 Å². The monoisotopic (exact) mass is 346 g/mol. The highest BCUT2D eigenvalue weighted by Gasteiger charge is 2.13. The number of benzene rings is 2. The highest BCUT2D eigenvalue weighted by atomic mass is 35.5. The van der Waals surface area contributed by atoms with Crippen LogP contribution in [0.1, 0.15) is 28.9 Å². The minimum absolute atomic E-state index is 0.156. The van der Waals surface area contributed by atoms with Crippen molar-refractivity contribution in [3.05, 3.63) is 64.7 Å². The number of rotatable bonds is 6. The van der Waals surface area contributed by atoms with Crippen LogP contribution in [0.5, 0.6) is 0 Å². The molecule has 0 bridgehead atoms. The molecule has 1 atom stereocenters. The summed E-state index contributed by atoms with van der Waals surface area (Å²) in [5.74, 6) is -0.370. The van der Waals surface area contributed by atoms with Crippen molar-refractivity contribution < 1.29 is 14.3 Å². The lowest BCUT2D eigenvalue weighted by atomic mass is 10.1. The lowest BCUT2D eigenvalue weighted by Gasteiger charge is -2.17. The van der Waals surface area contributed by atoms with E-state index in [0.717, 1.165) is 5.56 Å². The third-order valence-corrected chi connectivity index (χ3v) is 3.66. The van der Waals surface area contributed by atoms with Gasteiger partial charge in [-0.2, -0.15) is 0 Å². The lowest BCUT2D eigenvalue weighted by Crippen LogP contribution is -2.29. The summed E-state index contributed by atoms with van der Waals surface area (Å²) in [5.41, 5.74) is 2.05. The summed E-state index contributed by atoms with van der Waals surface area (Å²) in [6, 6.07) is 14.0. The molecule has 0 heterocycles. The largest absolute Gasteiger partial charge is 0.375 e. The molecule has 0 aliphatic carbocycles. The maximum absolute atomic E-state index is 12.2. The van der Waals surface area contributed by atoms with Crippen LogP contribution in [-0.2, 0) is 9.53 Å². The second-order valence-electron chi connectivity index (χ2n) is 5.25. The zero-order valence-corrected chi connectivity index (χ0v) is 14.3. The van der Waals surface area contributed by atoms with Crippen molar-refractivity contribution in [3.63, 3.8) is 0 Å². The Kier molecular flexibility index (Phi) is 6.35. The Morgan fingerprint density at radius 2 is 1.88 bits per heavy atom. The molecule has 6 heteroatoms. The molecule has 0 saturated carbocycles. The molecule has 0 aromatic heterocycles. The second kappa shape index (κ2) is 8.47. The van der Waals surface area contributed by atoms with Crippen LogP contribution in [0.25, 0.3) is 0 Å². The average molecular weight is 347 g/mol. The maximum atomic E-state index is 12.2. The third-order valence-electron chi connectivity index (χ3n) is 3.42. The number of hydrogen-bond donors (Lipinski definition) is 2. The number of ether oxygens (including phenoxy) is 1. The molecule has 2 aromatic carbocycles. The van der Waals surface area contributed by atoms with Crippen LogP contribution in [0, 0.1) is 0 Å². The zero-order valence-electron chi connectivity index (χ0n) is 13.5. The van der Waals surface area contributed by atoms with Gasteiger partial charge in [-0.15, -0.1) is 0 Å². The predicted molar refractivity (Wildman–Crippen MR) is 94.3 cm³/mol. The van der Waals surface area contributed by atoms with E-state index in [1.54, 1.807) is 37.4 Å². The molecular weight excluding hydrogens is 328 g/mol. The topological polar surface area (TPSA) is 67.4 Å². The zero-order chi connectivity index (χ0) is 17.5. The van der Waals surface area contributed by atoms with Crippen molar-refractivity contribution in [1.82, 2.24) is 5.32 Å². The minimum atomic E-state index is -0.286. The SMILES string of the molecule is CO[C@H](CNC(=O)c1ccc(NC(C)=O)cc1)c1cccc(Cl)c1. The van der Waals surface area contributed by atoms with Gasteiger partial charge < -0.3 is 15.4 Å². The summed E-state index contributed by atoms with van der Waals surface area (Å²) in [6.45, 7) is 1.75. The number of nitrogens with one attached hydrogen (secondary N) is 2. The molecule has 0 fully saturated rings. The molecule has 126 valence electrons. The van der Waals surface area contributed by atoms with Gasteiger partial charge in [0.25, 0.3) is 5.91 Å². The summed E-state index contributed by atoms with van der Waals surface area (Å²) in [6.07, 6.45) is -0.286. The number of halogens is 1. The first-order valence-electron chi connectivity index (χ1n) is 7.43. The van der Waals surface area contributed by atoms with Crippen molar-refractivity contribution in [2.45, 2.75) is 13.0 Å². The summed E-state index contributed by atoms with van der Waals surface area (Å²) in [5, 5.41) is 6.11. The van der Waals surface area contributed by atoms with E-state index in [2.05, 4.69) is 10.6 Å². The maximum Gasteiger partial charge on any atom is 0.251 e. The molecule has 0 aliphatic rings. The van der Waals surface area contributed by atoms with Crippen LogP contribution in [0.4, 0.5) is 5.69 Å². The second-order valence-corrected chi connectivity index (χ2v) is 5.68. The van der Waals surface area contributed by atoms with Gasteiger partial charge in [0.2, 0.25) is 5.91 Å². The number of hydrogen-bond acceptors (Lipinski definition) is 3. The predicted octanol–water partition coefficient (Wildman–Crippen LogP) is 3.42. The molecule has 2 aromatic rings. The first kappa shape index (κ1) is 18.0. The van der Waals surface area contributed by atoms with Gasteiger partial charge in [-0.05, 0) is 42.0 Å². The van der Waals surface area contributed by atoms with E-state index in [0.29, 0.717) is 22.8 Å². The van der Waals surface area contributed by atoms with Crippen LogP contribution >= 0.6 is 11.6 Å². The van der Waals surface area contributed by atoms with Gasteiger partial charge in [0.05, 0.1) is 6.10 Å². The number of anilines is 1. The van der Waals surface area contributed by atoms with Gasteiger partial charge in [-0.25, -0.2) is 0 Å². The Morgan fingerprint density at radius 3 is 2.46 bits per heavy atom. The average Bonchev–Trinajstić information content (AvgIpc) is 2.55. The van der Waals surface area contributed by atoms with Crippen LogP contribution in [0.3, 0.4) is 0 Å². The fourth-order valence-corrected chi connectivity index (χ4v) is 2.44. The Morgan fingerprint density at radius 1 is 1.17 bits per heavy atom. The van der Waals surface area contributed by atoms with Crippen molar-refractivity contribution in [2.75, 3.05) is 19.0 Å². The number of carbonyl (C=O) groups excluding carboxylic acids is 2. The fourth-order valence-electron chi connectivity index (χ4n) is 2.24. The van der Waals surface area contributed by atoms with Gasteiger partial charge in [-0.1, -0.05) is 23.7 Å². The molecule has 5 nitrogen and oxygen atoms in total. The fraction of sp³-hybridized carbons (Fsp3) is 0.222. The Balaban J connectivity index is 1.97. The van der Waals surface area contributed by atoms with Gasteiger partial charge in [0.15, 0.2) is 0 Å². The smallest absolute Gasteiger partial charge is 0.251 e. The van der Waals surface area contributed by atoms with E-state index < -0.39 is 0 Å². The van der Waals surface area contributed by atoms with E-state index >= 15 is 0 Å². The molecule has 0 saturated heterocycles. The van der Waals surface area contributed by atoms with E-state index in [9.17, 15) is 9.59 Å². The van der Waals surface area contributed by atoms with Crippen molar-refractivity contribution in [1.29, 1.82) is 0 Å². The molecular formula is C18H19ClN2O3. The van der Waals surface area contributed by atoms with Crippen LogP contribution in [0.15, 0.2) is 48.5 Å². The van der Waals surface area contributed by atoms with Crippen molar-refractivity contribution in [3.8, 4) is 0 Å². The number of carbonyl (C=O) groups is 2. The summed E-state index contributed by atoms with van der Waals surface area (Å²) in [7, 11) is 1.58. The molecule has 0 aliphatic heterocycles. The number of methoxy groups -OCH3 is 1. The molecule has 2 N–H and O–H groups in total. The molecule has 2 rings (SSSR count). The van der Waals surface area contributed by atoms with Gasteiger partial charge >= 0.3 is 0 Å². The Labute approximate surface area is 146 Å². The van der Waals surface area contributed by atoms with E-state index in [4.69, 9.17) is 16.3 Å². The number of amides is 2. The van der Waals surface area contributed by atoms with Gasteiger partial charge in [-0.3, -0.25) is 9.59 Å². The van der Waals surface area contributed by atoms with Crippen LogP contribution < -0.4 is 10.6 Å². The van der Waals surface area contributed by atoms with Gasteiger partial charge in [0.1, 0.15) is 0 Å². The molecule has 0 spiro atoms. The molecule has 2 amide bonds. The first-order valence-corrected chi connectivity index (χ1v) is 7.81. The van der Waals surface area contributed by atoms with Gasteiger partial charge in [0, 0.05) is 36.9 Å². The molecule has 0 radical (unpaired) electrons. The standard InChI is InChI=1S/C18H19ClN2O3/c1-12(22)21-16-8-6-13(7-9-16)18(23)20-11-17(24-2)14-4-3-5-15(19)10-14/h3-10,17H,11H2,1-2H3,(H,20,23)(H,21,22)/t17-/m1/s1. The highest BCUT2D eigenvalue weighted by Crippen LogP contribution is 2.20. The minimum Gasteiger partial charge on any atom is -0.375 e. The summed E-state index contributed by atoms with van der Waals surface area (Å²) >= 11 is 5.98. The van der Waals surface area contributed by atoms with Crippen molar-refractivity contribution >= 4 is 29.1 Å². The molecule has 24 heavy (non-hydrogen) atoms. The normalized spacial score (nSPS) is 11.6. The van der Waals surface area contributed by atoms with E-state index in [1.807, 2.05) is 18.2 Å². The Bertz CT molecular complexity index is 716.